The Hall–Kier alpha value is -0.530. The summed E-state index contributed by atoms with van der Waals surface area (Å²) in [6.45, 7) is 2.08. The summed E-state index contributed by atoms with van der Waals surface area (Å²) in [5, 5.41) is 2.82. The van der Waals surface area contributed by atoms with E-state index < -0.39 is 0 Å². The van der Waals surface area contributed by atoms with Crippen molar-refractivity contribution in [1.82, 2.24) is 5.32 Å². The fourth-order valence-corrected chi connectivity index (χ4v) is 1.39. The second kappa shape index (κ2) is 0.925. The number of nitrogens with one attached hydrogen (secondary N) is 1. The van der Waals surface area contributed by atoms with Gasteiger partial charge in [-0.05, 0) is 19.8 Å². The third-order valence-corrected chi connectivity index (χ3v) is 2.42. The minimum Gasteiger partial charge on any atom is -0.352 e. The molecule has 1 amide bonds. The van der Waals surface area contributed by atoms with Gasteiger partial charge in [-0.2, -0.15) is 0 Å². The van der Waals surface area contributed by atoms with E-state index in [1.165, 1.54) is 0 Å². The van der Waals surface area contributed by atoms with E-state index in [9.17, 15) is 4.79 Å². The standard InChI is InChI=1S/C6H9NO/c1-4-6(2-3-6)5(8)7-4/h4H,2-3H2,1H3,(H,7,8). The number of β-lactam (4-membered cyclic amide) rings is 1. The Balaban J connectivity index is 2.22. The van der Waals surface area contributed by atoms with E-state index >= 15 is 0 Å². The first-order chi connectivity index (χ1) is 3.76. The van der Waals surface area contributed by atoms with Crippen LogP contribution in [-0.4, -0.2) is 11.9 Å². The molecule has 1 aliphatic carbocycles. The van der Waals surface area contributed by atoms with Crippen molar-refractivity contribution in [3.63, 3.8) is 0 Å². The largest absolute Gasteiger partial charge is 0.352 e. The molecule has 0 radical (unpaired) electrons. The Labute approximate surface area is 48.3 Å². The lowest BCUT2D eigenvalue weighted by atomic mass is 9.89. The number of hydrogen-bond donors (Lipinski definition) is 1. The smallest absolute Gasteiger partial charge is 0.228 e. The second-order valence-electron chi connectivity index (χ2n) is 2.85. The van der Waals surface area contributed by atoms with Gasteiger partial charge < -0.3 is 5.32 Å². The van der Waals surface area contributed by atoms with Crippen LogP contribution < -0.4 is 5.32 Å². The minimum atomic E-state index is 0.139. The normalized spacial score (nSPS) is 38.6. The van der Waals surface area contributed by atoms with Gasteiger partial charge in [-0.1, -0.05) is 0 Å². The number of carbonyl (C=O) groups is 1. The van der Waals surface area contributed by atoms with Crippen LogP contribution in [0, 0.1) is 5.41 Å². The Morgan fingerprint density at radius 3 is 2.50 bits per heavy atom. The lowest BCUT2D eigenvalue weighted by molar-refractivity contribution is -0.136. The highest BCUT2D eigenvalue weighted by Gasteiger charge is 2.61. The zero-order valence-electron chi connectivity index (χ0n) is 4.90. The second-order valence-corrected chi connectivity index (χ2v) is 2.85. The van der Waals surface area contributed by atoms with Crippen LogP contribution in [0.4, 0.5) is 0 Å². The molecule has 0 aromatic heterocycles. The van der Waals surface area contributed by atoms with E-state index in [1.807, 2.05) is 0 Å². The molecule has 0 aromatic rings. The monoisotopic (exact) mass is 111 g/mol. The average Bonchev–Trinajstić information content (AvgIpc) is 2.44. The topological polar surface area (TPSA) is 29.1 Å². The fourth-order valence-electron chi connectivity index (χ4n) is 1.39. The van der Waals surface area contributed by atoms with Crippen molar-refractivity contribution in [3.8, 4) is 0 Å². The quantitative estimate of drug-likeness (QED) is 0.447. The highest BCUT2D eigenvalue weighted by atomic mass is 16.2. The fraction of sp³-hybridized carbons (Fsp3) is 0.833. The molecular formula is C6H9NO. The molecule has 1 saturated carbocycles. The van der Waals surface area contributed by atoms with Crippen LogP contribution in [0.15, 0.2) is 0 Å². The molecule has 1 heterocycles. The van der Waals surface area contributed by atoms with E-state index in [4.69, 9.17) is 0 Å². The van der Waals surface area contributed by atoms with Crippen molar-refractivity contribution >= 4 is 5.91 Å². The molecule has 2 heteroatoms. The van der Waals surface area contributed by atoms with E-state index in [0.29, 0.717) is 6.04 Å². The van der Waals surface area contributed by atoms with Gasteiger partial charge >= 0.3 is 0 Å². The van der Waals surface area contributed by atoms with Gasteiger partial charge in [-0.3, -0.25) is 4.79 Å². The van der Waals surface area contributed by atoms with Crippen molar-refractivity contribution in [2.75, 3.05) is 0 Å². The predicted molar refractivity (Wildman–Crippen MR) is 29.3 cm³/mol. The molecule has 1 N–H and O–H groups in total. The van der Waals surface area contributed by atoms with Crippen molar-refractivity contribution in [2.45, 2.75) is 25.8 Å². The summed E-state index contributed by atoms with van der Waals surface area (Å²) in [5.41, 5.74) is 0.139. The van der Waals surface area contributed by atoms with Gasteiger partial charge in [-0.25, -0.2) is 0 Å². The third kappa shape index (κ3) is 0.261. The van der Waals surface area contributed by atoms with Crippen LogP contribution in [0.3, 0.4) is 0 Å². The molecule has 2 fully saturated rings. The van der Waals surface area contributed by atoms with Crippen LogP contribution in [0.2, 0.25) is 0 Å². The highest BCUT2D eigenvalue weighted by Crippen LogP contribution is 2.53. The molecule has 2 rings (SSSR count). The molecule has 0 aromatic carbocycles. The maximum absolute atomic E-state index is 10.7. The van der Waals surface area contributed by atoms with Gasteiger partial charge in [-0.15, -0.1) is 0 Å². The number of carbonyl (C=O) groups excluding carboxylic acids is 1. The average molecular weight is 111 g/mol. The van der Waals surface area contributed by atoms with E-state index in [2.05, 4.69) is 12.2 Å². The van der Waals surface area contributed by atoms with Crippen molar-refractivity contribution < 1.29 is 4.79 Å². The van der Waals surface area contributed by atoms with Gasteiger partial charge in [0.15, 0.2) is 0 Å². The first-order valence-electron chi connectivity index (χ1n) is 3.07. The van der Waals surface area contributed by atoms with Gasteiger partial charge in [0.25, 0.3) is 0 Å². The Bertz CT molecular complexity index is 149. The first-order valence-corrected chi connectivity index (χ1v) is 3.07. The van der Waals surface area contributed by atoms with Crippen molar-refractivity contribution in [2.24, 2.45) is 5.41 Å². The SMILES string of the molecule is CC1NC(=O)C12CC2. The lowest BCUT2D eigenvalue weighted by Gasteiger charge is -2.34. The summed E-state index contributed by atoms with van der Waals surface area (Å²) in [7, 11) is 0. The molecule has 8 heavy (non-hydrogen) atoms. The summed E-state index contributed by atoms with van der Waals surface area (Å²) in [6, 6.07) is 0.468. The van der Waals surface area contributed by atoms with Crippen LogP contribution >= 0.6 is 0 Å². The first kappa shape index (κ1) is 4.36. The molecule has 2 nitrogen and oxygen atoms in total. The van der Waals surface area contributed by atoms with Gasteiger partial charge in [0, 0.05) is 6.04 Å². The van der Waals surface area contributed by atoms with Gasteiger partial charge in [0.05, 0.1) is 5.41 Å². The third-order valence-electron chi connectivity index (χ3n) is 2.42. The van der Waals surface area contributed by atoms with E-state index in [0.717, 1.165) is 12.8 Å². The summed E-state index contributed by atoms with van der Waals surface area (Å²) in [4.78, 5) is 10.7. The highest BCUT2D eigenvalue weighted by molar-refractivity contribution is 5.92. The van der Waals surface area contributed by atoms with Crippen molar-refractivity contribution in [1.29, 1.82) is 0 Å². The van der Waals surface area contributed by atoms with Crippen molar-refractivity contribution in [3.05, 3.63) is 0 Å². The van der Waals surface area contributed by atoms with E-state index in [-0.39, 0.29) is 11.3 Å². The molecule has 1 spiro atoms. The summed E-state index contributed by atoms with van der Waals surface area (Å²) in [6.07, 6.45) is 2.25. The van der Waals surface area contributed by atoms with Crippen LogP contribution in [0.25, 0.3) is 0 Å². The van der Waals surface area contributed by atoms with Gasteiger partial charge in [0.1, 0.15) is 0 Å². The Kier molecular flexibility index (Phi) is 0.504. The summed E-state index contributed by atoms with van der Waals surface area (Å²) < 4.78 is 0. The number of rotatable bonds is 0. The van der Waals surface area contributed by atoms with Crippen LogP contribution in [0.5, 0.6) is 0 Å². The van der Waals surface area contributed by atoms with E-state index in [1.54, 1.807) is 0 Å². The summed E-state index contributed by atoms with van der Waals surface area (Å²) >= 11 is 0. The van der Waals surface area contributed by atoms with Crippen LogP contribution in [-0.2, 0) is 4.79 Å². The lowest BCUT2D eigenvalue weighted by Crippen LogP contribution is -2.58. The maximum Gasteiger partial charge on any atom is 0.228 e. The minimum absolute atomic E-state index is 0.139. The molecule has 1 unspecified atom stereocenters. The summed E-state index contributed by atoms with van der Waals surface area (Å²) in [5.74, 6) is 0.282. The number of hydrogen-bond acceptors (Lipinski definition) is 1. The molecular weight excluding hydrogens is 102 g/mol. The molecule has 1 atom stereocenters. The molecule has 44 valence electrons. The molecule has 1 aliphatic heterocycles. The van der Waals surface area contributed by atoms with Crippen LogP contribution in [0.1, 0.15) is 19.8 Å². The molecule has 1 saturated heterocycles. The predicted octanol–water partition coefficient (Wildman–Crippen LogP) is 0.285. The zero-order valence-corrected chi connectivity index (χ0v) is 4.90. The Morgan fingerprint density at radius 2 is 2.38 bits per heavy atom. The molecule has 0 bridgehead atoms. The number of amides is 1. The Morgan fingerprint density at radius 1 is 1.75 bits per heavy atom. The molecule has 2 aliphatic rings. The zero-order chi connectivity index (χ0) is 5.78. The van der Waals surface area contributed by atoms with Gasteiger partial charge in [0.2, 0.25) is 5.91 Å². The maximum atomic E-state index is 10.7.